The molecule has 9 heteroatoms. The van der Waals surface area contributed by atoms with Gasteiger partial charge in [0.25, 0.3) is 11.5 Å². The summed E-state index contributed by atoms with van der Waals surface area (Å²) in [6.07, 6.45) is 0. The molecule has 2 aromatic carbocycles. The van der Waals surface area contributed by atoms with Gasteiger partial charge < -0.3 is 4.90 Å². The Balaban J connectivity index is 2.25. The van der Waals surface area contributed by atoms with E-state index in [1.165, 1.54) is 24.1 Å². The molecule has 1 amide bonds. The molecule has 0 aliphatic carbocycles. The number of halogens is 2. The van der Waals surface area contributed by atoms with Crippen molar-refractivity contribution in [1.29, 1.82) is 0 Å². The summed E-state index contributed by atoms with van der Waals surface area (Å²) in [7, 11) is 1.52. The molecule has 1 aromatic heterocycles. The molecule has 0 radical (unpaired) electrons. The van der Waals surface area contributed by atoms with Gasteiger partial charge in [-0.05, 0) is 42.8 Å². The van der Waals surface area contributed by atoms with Crippen LogP contribution in [-0.4, -0.2) is 38.7 Å². The Kier molecular flexibility index (Phi) is 5.93. The van der Waals surface area contributed by atoms with Gasteiger partial charge in [0.05, 0.1) is 12.2 Å². The van der Waals surface area contributed by atoms with E-state index in [4.69, 9.17) is 11.6 Å². The number of hydrogen-bond acceptors (Lipinski definition) is 4. The van der Waals surface area contributed by atoms with Gasteiger partial charge in [0.2, 0.25) is 5.69 Å². The minimum Gasteiger partial charge on any atom is -0.340 e. The van der Waals surface area contributed by atoms with Crippen molar-refractivity contribution in [1.82, 2.24) is 19.2 Å². The third-order valence-electron chi connectivity index (χ3n) is 4.44. The van der Waals surface area contributed by atoms with Crippen molar-refractivity contribution >= 4 is 17.5 Å². The van der Waals surface area contributed by atoms with E-state index in [0.717, 1.165) is 21.4 Å². The number of rotatable bonds is 5. The SMILES string of the molecule is CCN(C)C(=O)c1nn(-c2ccc(F)cc2)c(=O)n(Cc2ccccc2Cl)c1=O. The van der Waals surface area contributed by atoms with Crippen LogP contribution in [0.3, 0.4) is 0 Å². The predicted octanol–water partition coefficient (Wildman–Crippen LogP) is 2.33. The molecule has 0 aliphatic rings. The molecule has 0 bridgehead atoms. The van der Waals surface area contributed by atoms with Crippen molar-refractivity contribution in [2.75, 3.05) is 13.6 Å². The van der Waals surface area contributed by atoms with Crippen LogP contribution in [-0.2, 0) is 6.54 Å². The van der Waals surface area contributed by atoms with Gasteiger partial charge in [0.15, 0.2) is 0 Å². The molecule has 0 saturated heterocycles. The monoisotopic (exact) mass is 416 g/mol. The largest absolute Gasteiger partial charge is 0.352 e. The van der Waals surface area contributed by atoms with Crippen molar-refractivity contribution in [3.8, 4) is 5.69 Å². The molecule has 0 unspecified atom stereocenters. The Labute approximate surface area is 170 Å². The van der Waals surface area contributed by atoms with Crippen LogP contribution in [0.5, 0.6) is 0 Å². The maximum atomic E-state index is 13.3. The number of hydrogen-bond donors (Lipinski definition) is 0. The van der Waals surface area contributed by atoms with Gasteiger partial charge in [-0.2, -0.15) is 9.78 Å². The smallest absolute Gasteiger partial charge is 0.340 e. The number of aromatic nitrogens is 3. The van der Waals surface area contributed by atoms with Gasteiger partial charge in [-0.25, -0.2) is 9.18 Å². The molecule has 0 atom stereocenters. The van der Waals surface area contributed by atoms with E-state index in [0.29, 0.717) is 17.1 Å². The maximum Gasteiger partial charge on any atom is 0.352 e. The molecule has 150 valence electrons. The minimum absolute atomic E-state index is 0.142. The lowest BCUT2D eigenvalue weighted by atomic mass is 10.2. The Bertz CT molecular complexity index is 1170. The number of nitrogens with zero attached hydrogens (tertiary/aromatic N) is 4. The molecule has 0 aliphatic heterocycles. The highest BCUT2D eigenvalue weighted by atomic mass is 35.5. The molecule has 0 N–H and O–H groups in total. The van der Waals surface area contributed by atoms with E-state index in [9.17, 15) is 18.8 Å². The van der Waals surface area contributed by atoms with Gasteiger partial charge in [-0.15, -0.1) is 0 Å². The molecule has 0 spiro atoms. The van der Waals surface area contributed by atoms with Crippen LogP contribution < -0.4 is 11.2 Å². The van der Waals surface area contributed by atoms with Crippen LogP contribution in [0.2, 0.25) is 5.02 Å². The second kappa shape index (κ2) is 8.40. The first kappa shape index (κ1) is 20.5. The molecule has 1 heterocycles. The lowest BCUT2D eigenvalue weighted by Crippen LogP contribution is -2.46. The third-order valence-corrected chi connectivity index (χ3v) is 4.81. The Morgan fingerprint density at radius 2 is 1.79 bits per heavy atom. The number of carbonyl (C=O) groups is 1. The lowest BCUT2D eigenvalue weighted by Gasteiger charge is -2.16. The predicted molar refractivity (Wildman–Crippen MR) is 107 cm³/mol. The maximum absolute atomic E-state index is 13.3. The zero-order chi connectivity index (χ0) is 21.1. The van der Waals surface area contributed by atoms with Crippen molar-refractivity contribution in [2.24, 2.45) is 0 Å². The van der Waals surface area contributed by atoms with E-state index in [1.807, 2.05) is 0 Å². The lowest BCUT2D eigenvalue weighted by molar-refractivity contribution is 0.0791. The fourth-order valence-electron chi connectivity index (χ4n) is 2.66. The van der Waals surface area contributed by atoms with Crippen molar-refractivity contribution < 1.29 is 9.18 Å². The summed E-state index contributed by atoms with van der Waals surface area (Å²) in [6, 6.07) is 11.8. The van der Waals surface area contributed by atoms with Gasteiger partial charge in [0, 0.05) is 18.6 Å². The second-order valence-corrected chi connectivity index (χ2v) is 6.73. The van der Waals surface area contributed by atoms with Crippen LogP contribution in [0.25, 0.3) is 5.69 Å². The highest BCUT2D eigenvalue weighted by Crippen LogP contribution is 2.15. The van der Waals surface area contributed by atoms with Crippen LogP contribution in [0, 0.1) is 5.82 Å². The van der Waals surface area contributed by atoms with Crippen molar-refractivity contribution in [3.63, 3.8) is 0 Å². The van der Waals surface area contributed by atoms with Gasteiger partial charge in [0.1, 0.15) is 5.82 Å². The molecule has 7 nitrogen and oxygen atoms in total. The summed E-state index contributed by atoms with van der Waals surface area (Å²) in [5.74, 6) is -1.12. The third kappa shape index (κ3) is 4.12. The standard InChI is InChI=1S/C20H18ClFN4O3/c1-3-24(2)18(27)17-19(28)25(12-13-6-4-5-7-16(13)21)20(29)26(23-17)15-10-8-14(22)9-11-15/h4-11H,3,12H2,1-2H3. The van der Waals surface area contributed by atoms with E-state index in [2.05, 4.69) is 5.10 Å². The molecular weight excluding hydrogens is 399 g/mol. The van der Waals surface area contributed by atoms with Crippen LogP contribution in [0.4, 0.5) is 4.39 Å². The van der Waals surface area contributed by atoms with E-state index < -0.39 is 28.7 Å². The average Bonchev–Trinajstić information content (AvgIpc) is 2.72. The van der Waals surface area contributed by atoms with Crippen molar-refractivity contribution in [2.45, 2.75) is 13.5 Å². The number of carbonyl (C=O) groups excluding carboxylic acids is 1. The zero-order valence-corrected chi connectivity index (χ0v) is 16.6. The molecule has 29 heavy (non-hydrogen) atoms. The fraction of sp³-hybridized carbons (Fsp3) is 0.200. The Morgan fingerprint density at radius 3 is 2.41 bits per heavy atom. The van der Waals surface area contributed by atoms with Crippen LogP contribution in [0.15, 0.2) is 58.1 Å². The van der Waals surface area contributed by atoms with Crippen LogP contribution >= 0.6 is 11.6 Å². The first-order valence-electron chi connectivity index (χ1n) is 8.82. The van der Waals surface area contributed by atoms with E-state index in [1.54, 1.807) is 31.2 Å². The van der Waals surface area contributed by atoms with Crippen LogP contribution in [0.1, 0.15) is 23.0 Å². The summed E-state index contributed by atoms with van der Waals surface area (Å²) in [5.41, 5.74) is -1.24. The zero-order valence-electron chi connectivity index (χ0n) is 15.8. The van der Waals surface area contributed by atoms with E-state index >= 15 is 0 Å². The summed E-state index contributed by atoms with van der Waals surface area (Å²) in [4.78, 5) is 39.9. The Hall–Kier alpha value is -3.26. The average molecular weight is 417 g/mol. The fourth-order valence-corrected chi connectivity index (χ4v) is 2.86. The minimum atomic E-state index is -0.821. The first-order valence-corrected chi connectivity index (χ1v) is 9.20. The van der Waals surface area contributed by atoms with E-state index in [-0.39, 0.29) is 12.2 Å². The molecular formula is C20H18ClFN4O3. The highest BCUT2D eigenvalue weighted by Gasteiger charge is 2.23. The van der Waals surface area contributed by atoms with Gasteiger partial charge in [-0.3, -0.25) is 14.2 Å². The van der Waals surface area contributed by atoms with Crippen molar-refractivity contribution in [3.05, 3.63) is 91.5 Å². The molecule has 3 aromatic rings. The quantitative estimate of drug-likeness (QED) is 0.639. The molecule has 0 saturated carbocycles. The van der Waals surface area contributed by atoms with Gasteiger partial charge in [-0.1, -0.05) is 29.8 Å². The summed E-state index contributed by atoms with van der Waals surface area (Å²) in [5, 5.41) is 4.37. The first-order chi connectivity index (χ1) is 13.8. The number of amides is 1. The van der Waals surface area contributed by atoms with Gasteiger partial charge >= 0.3 is 5.69 Å². The summed E-state index contributed by atoms with van der Waals surface area (Å²) in [6.45, 7) is 1.95. The summed E-state index contributed by atoms with van der Waals surface area (Å²) >= 11 is 6.17. The highest BCUT2D eigenvalue weighted by molar-refractivity contribution is 6.31. The topological polar surface area (TPSA) is 77.2 Å². The number of benzene rings is 2. The Morgan fingerprint density at radius 1 is 1.14 bits per heavy atom. The summed E-state index contributed by atoms with van der Waals surface area (Å²) < 4.78 is 15.1. The second-order valence-electron chi connectivity index (χ2n) is 6.32. The molecule has 3 rings (SSSR count). The normalized spacial score (nSPS) is 10.8. The molecule has 0 fully saturated rings.